The van der Waals surface area contributed by atoms with Crippen LogP contribution in [0.5, 0.6) is 0 Å². The van der Waals surface area contributed by atoms with Crippen LogP contribution in [0.4, 0.5) is 10.1 Å². The number of nitrogens with zero attached hydrogens (tertiary/aromatic N) is 2. The van der Waals surface area contributed by atoms with Crippen molar-refractivity contribution in [1.29, 1.82) is 0 Å². The second kappa shape index (κ2) is 6.29. The lowest BCUT2D eigenvalue weighted by atomic mass is 10.1. The fourth-order valence-electron chi connectivity index (χ4n) is 2.69. The summed E-state index contributed by atoms with van der Waals surface area (Å²) in [5.74, 6) is -0.181. The molecule has 4 heteroatoms. The van der Waals surface area contributed by atoms with Crippen molar-refractivity contribution in [3.05, 3.63) is 47.0 Å². The van der Waals surface area contributed by atoms with Crippen LogP contribution in [0, 0.1) is 19.7 Å². The number of hydrogen-bond donors (Lipinski definition) is 1. The second-order valence-electron chi connectivity index (χ2n) is 5.96. The lowest BCUT2D eigenvalue weighted by Gasteiger charge is -2.16. The second-order valence-corrected chi connectivity index (χ2v) is 5.96. The summed E-state index contributed by atoms with van der Waals surface area (Å²) in [6, 6.07) is 7.34. The molecule has 2 aromatic rings. The van der Waals surface area contributed by atoms with Crippen molar-refractivity contribution >= 4 is 5.69 Å². The summed E-state index contributed by atoms with van der Waals surface area (Å²) in [5.41, 5.74) is 4.25. The Kier molecular flexibility index (Phi) is 4.66. The molecule has 114 valence electrons. The van der Waals surface area contributed by atoms with Crippen LogP contribution in [-0.4, -0.2) is 15.8 Å². The summed E-state index contributed by atoms with van der Waals surface area (Å²) < 4.78 is 15.3. The zero-order chi connectivity index (χ0) is 15.6. The molecule has 2 rings (SSSR count). The first kappa shape index (κ1) is 15.5. The molecule has 0 amide bonds. The van der Waals surface area contributed by atoms with Crippen LogP contribution < -0.4 is 5.32 Å². The summed E-state index contributed by atoms with van der Waals surface area (Å²) in [4.78, 5) is 0. The quantitative estimate of drug-likeness (QED) is 0.891. The number of benzene rings is 1. The van der Waals surface area contributed by atoms with E-state index >= 15 is 0 Å². The van der Waals surface area contributed by atoms with Gasteiger partial charge < -0.3 is 5.32 Å². The minimum Gasteiger partial charge on any atom is -0.379 e. The maximum absolute atomic E-state index is 13.2. The van der Waals surface area contributed by atoms with Gasteiger partial charge in [0.1, 0.15) is 5.82 Å². The van der Waals surface area contributed by atoms with E-state index in [2.05, 4.69) is 38.1 Å². The SMILES string of the molecule is Cc1nn(C(C)C)c(C)c1NC(C)Cc1cccc(F)c1. The van der Waals surface area contributed by atoms with Crippen molar-refractivity contribution < 1.29 is 4.39 Å². The summed E-state index contributed by atoms with van der Waals surface area (Å²) >= 11 is 0. The highest BCUT2D eigenvalue weighted by molar-refractivity contribution is 5.53. The standard InChI is InChI=1S/C17H24FN3/c1-11(2)21-14(5)17(13(4)20-21)19-12(3)9-15-7-6-8-16(18)10-15/h6-8,10-12,19H,9H2,1-5H3. The van der Waals surface area contributed by atoms with E-state index in [9.17, 15) is 4.39 Å². The van der Waals surface area contributed by atoms with Crippen LogP contribution in [0.2, 0.25) is 0 Å². The number of halogens is 1. The Morgan fingerprint density at radius 3 is 2.52 bits per heavy atom. The van der Waals surface area contributed by atoms with E-state index in [-0.39, 0.29) is 11.9 Å². The molecule has 3 nitrogen and oxygen atoms in total. The number of nitrogens with one attached hydrogen (secondary N) is 1. The maximum atomic E-state index is 13.2. The van der Waals surface area contributed by atoms with Gasteiger partial charge in [-0.25, -0.2) is 4.39 Å². The summed E-state index contributed by atoms with van der Waals surface area (Å²) in [7, 11) is 0. The predicted molar refractivity (Wildman–Crippen MR) is 85.3 cm³/mol. The van der Waals surface area contributed by atoms with Gasteiger partial charge in [-0.3, -0.25) is 4.68 Å². The van der Waals surface area contributed by atoms with Gasteiger partial charge in [0, 0.05) is 12.1 Å². The van der Waals surface area contributed by atoms with E-state index < -0.39 is 0 Å². The molecular formula is C17H24FN3. The highest BCUT2D eigenvalue weighted by Gasteiger charge is 2.15. The lowest BCUT2D eigenvalue weighted by Crippen LogP contribution is -2.19. The van der Waals surface area contributed by atoms with Crippen molar-refractivity contribution in [2.45, 2.75) is 53.1 Å². The molecule has 1 aromatic heterocycles. The first-order valence-corrected chi connectivity index (χ1v) is 7.45. The Labute approximate surface area is 126 Å². The van der Waals surface area contributed by atoms with Gasteiger partial charge in [0.25, 0.3) is 0 Å². The van der Waals surface area contributed by atoms with Crippen molar-refractivity contribution in [2.24, 2.45) is 0 Å². The fraction of sp³-hybridized carbons (Fsp3) is 0.471. The molecule has 1 aromatic carbocycles. The highest BCUT2D eigenvalue weighted by Crippen LogP contribution is 2.23. The van der Waals surface area contributed by atoms with E-state index in [0.29, 0.717) is 6.04 Å². The van der Waals surface area contributed by atoms with E-state index in [4.69, 9.17) is 0 Å². The first-order chi connectivity index (χ1) is 9.88. The zero-order valence-electron chi connectivity index (χ0n) is 13.4. The summed E-state index contributed by atoms with van der Waals surface area (Å²) in [6.07, 6.45) is 0.781. The number of rotatable bonds is 5. The van der Waals surface area contributed by atoms with Crippen molar-refractivity contribution in [1.82, 2.24) is 9.78 Å². The van der Waals surface area contributed by atoms with Crippen LogP contribution in [0.1, 0.15) is 43.8 Å². The van der Waals surface area contributed by atoms with Crippen LogP contribution in [0.25, 0.3) is 0 Å². The molecule has 1 N–H and O–H groups in total. The Hall–Kier alpha value is -1.84. The van der Waals surface area contributed by atoms with Gasteiger partial charge in [0.05, 0.1) is 17.1 Å². The van der Waals surface area contributed by atoms with Crippen LogP contribution >= 0.6 is 0 Å². The highest BCUT2D eigenvalue weighted by atomic mass is 19.1. The van der Waals surface area contributed by atoms with Crippen LogP contribution in [0.15, 0.2) is 24.3 Å². The van der Waals surface area contributed by atoms with E-state index in [1.165, 1.54) is 6.07 Å². The Morgan fingerprint density at radius 1 is 1.24 bits per heavy atom. The minimum absolute atomic E-state index is 0.181. The molecule has 0 saturated carbocycles. The Morgan fingerprint density at radius 2 is 1.95 bits per heavy atom. The van der Waals surface area contributed by atoms with Gasteiger partial charge >= 0.3 is 0 Å². The topological polar surface area (TPSA) is 29.9 Å². The normalized spacial score (nSPS) is 12.7. The molecule has 0 bridgehead atoms. The Balaban J connectivity index is 2.11. The molecule has 1 unspecified atom stereocenters. The van der Waals surface area contributed by atoms with Crippen molar-refractivity contribution in [3.63, 3.8) is 0 Å². The average Bonchev–Trinajstić information content (AvgIpc) is 2.67. The van der Waals surface area contributed by atoms with Gasteiger partial charge in [-0.1, -0.05) is 12.1 Å². The van der Waals surface area contributed by atoms with E-state index in [1.807, 2.05) is 17.7 Å². The largest absolute Gasteiger partial charge is 0.379 e. The molecule has 0 spiro atoms. The third-order valence-corrected chi connectivity index (χ3v) is 3.64. The first-order valence-electron chi connectivity index (χ1n) is 7.45. The minimum atomic E-state index is -0.181. The lowest BCUT2D eigenvalue weighted by molar-refractivity contribution is 0.516. The molecule has 0 saturated heterocycles. The van der Waals surface area contributed by atoms with Gasteiger partial charge in [0.15, 0.2) is 0 Å². The number of aromatic nitrogens is 2. The third kappa shape index (κ3) is 3.63. The maximum Gasteiger partial charge on any atom is 0.123 e. The zero-order valence-corrected chi connectivity index (χ0v) is 13.4. The molecule has 0 aliphatic rings. The molecule has 1 heterocycles. The smallest absolute Gasteiger partial charge is 0.123 e. The average molecular weight is 289 g/mol. The van der Waals surface area contributed by atoms with E-state index in [1.54, 1.807) is 12.1 Å². The van der Waals surface area contributed by atoms with Crippen molar-refractivity contribution in [3.8, 4) is 0 Å². The van der Waals surface area contributed by atoms with Gasteiger partial charge in [-0.2, -0.15) is 5.10 Å². The molecule has 21 heavy (non-hydrogen) atoms. The molecule has 0 fully saturated rings. The van der Waals surface area contributed by atoms with Crippen LogP contribution in [-0.2, 0) is 6.42 Å². The van der Waals surface area contributed by atoms with Crippen molar-refractivity contribution in [2.75, 3.05) is 5.32 Å². The van der Waals surface area contributed by atoms with E-state index in [0.717, 1.165) is 29.1 Å². The molecule has 1 atom stereocenters. The van der Waals surface area contributed by atoms with Gasteiger partial charge in [-0.15, -0.1) is 0 Å². The molecular weight excluding hydrogens is 265 g/mol. The van der Waals surface area contributed by atoms with Gasteiger partial charge in [-0.05, 0) is 58.7 Å². The predicted octanol–water partition coefficient (Wildman–Crippen LogP) is 4.26. The Bertz CT molecular complexity index is 616. The number of anilines is 1. The third-order valence-electron chi connectivity index (χ3n) is 3.64. The molecule has 0 radical (unpaired) electrons. The summed E-state index contributed by atoms with van der Waals surface area (Å²) in [5, 5.41) is 8.09. The fourth-order valence-corrected chi connectivity index (χ4v) is 2.69. The number of aryl methyl sites for hydroxylation is 1. The number of hydrogen-bond acceptors (Lipinski definition) is 2. The van der Waals surface area contributed by atoms with Gasteiger partial charge in [0.2, 0.25) is 0 Å². The van der Waals surface area contributed by atoms with Crippen LogP contribution in [0.3, 0.4) is 0 Å². The molecule has 0 aliphatic carbocycles. The monoisotopic (exact) mass is 289 g/mol. The summed E-state index contributed by atoms with van der Waals surface area (Å²) in [6.45, 7) is 10.5. The molecule has 0 aliphatic heterocycles.